The fourth-order valence-electron chi connectivity index (χ4n) is 6.77. The first-order chi connectivity index (χ1) is 29.4. The number of hydrogen-bond acceptors (Lipinski definition) is 11. The number of benzene rings is 2. The van der Waals surface area contributed by atoms with Gasteiger partial charge < -0.3 is 47.3 Å². The third kappa shape index (κ3) is 16.5. The van der Waals surface area contributed by atoms with Crippen molar-refractivity contribution in [3.8, 4) is 0 Å². The van der Waals surface area contributed by atoms with Crippen LogP contribution in [0.5, 0.6) is 0 Å². The van der Waals surface area contributed by atoms with E-state index in [4.69, 9.17) is 16.2 Å². The summed E-state index contributed by atoms with van der Waals surface area (Å²) in [4.78, 5) is 121. The number of nitrogens with one attached hydrogen (secondary N) is 4. The lowest BCUT2D eigenvalue weighted by atomic mass is 10.00. The molecule has 3 rings (SSSR count). The van der Waals surface area contributed by atoms with Gasteiger partial charge in [0.05, 0.1) is 6.54 Å². The molecule has 1 aliphatic rings. The van der Waals surface area contributed by atoms with Crippen LogP contribution in [0.1, 0.15) is 63.5 Å². The lowest BCUT2D eigenvalue weighted by Gasteiger charge is -2.34. The van der Waals surface area contributed by atoms with Crippen molar-refractivity contribution < 1.29 is 47.9 Å². The summed E-state index contributed by atoms with van der Waals surface area (Å²) >= 11 is 1.45. The van der Waals surface area contributed by atoms with Gasteiger partial charge >= 0.3 is 5.97 Å². The second kappa shape index (κ2) is 25.1. The maximum atomic E-state index is 14.6. The van der Waals surface area contributed by atoms with Crippen LogP contribution in [-0.2, 0) is 60.7 Å². The van der Waals surface area contributed by atoms with Gasteiger partial charge in [0.1, 0.15) is 30.2 Å². The number of rotatable bonds is 25. The van der Waals surface area contributed by atoms with Crippen molar-refractivity contribution in [1.82, 2.24) is 31.1 Å². The summed E-state index contributed by atoms with van der Waals surface area (Å²) in [5.41, 5.74) is 12.2. The highest BCUT2D eigenvalue weighted by molar-refractivity contribution is 7.98. The number of primary amides is 2. The molecule has 0 unspecified atom stereocenters. The molecule has 18 nitrogen and oxygen atoms in total. The monoisotopic (exact) mass is 880 g/mol. The smallest absolute Gasteiger partial charge is 0.329 e. The number of nitrogens with zero attached hydrogens (tertiary/aromatic N) is 2. The Morgan fingerprint density at radius 1 is 0.823 bits per heavy atom. The van der Waals surface area contributed by atoms with E-state index in [-0.39, 0.29) is 63.2 Å². The molecule has 8 amide bonds. The maximum absolute atomic E-state index is 14.6. The molecule has 62 heavy (non-hydrogen) atoms. The maximum Gasteiger partial charge on any atom is 0.329 e. The minimum Gasteiger partial charge on any atom is -0.451 e. The molecule has 0 spiro atoms. The van der Waals surface area contributed by atoms with Gasteiger partial charge in [0, 0.05) is 46.2 Å². The summed E-state index contributed by atoms with van der Waals surface area (Å²) in [6.45, 7) is 3.15. The summed E-state index contributed by atoms with van der Waals surface area (Å²) in [7, 11) is 2.78. The zero-order chi connectivity index (χ0) is 45.9. The van der Waals surface area contributed by atoms with Crippen molar-refractivity contribution in [2.75, 3.05) is 32.6 Å². The van der Waals surface area contributed by atoms with Crippen molar-refractivity contribution in [3.05, 3.63) is 71.8 Å². The molecule has 19 heteroatoms. The number of hydrogen-bond donors (Lipinski definition) is 6. The van der Waals surface area contributed by atoms with Gasteiger partial charge in [-0.15, -0.1) is 0 Å². The zero-order valence-electron chi connectivity index (χ0n) is 35.9. The molecule has 0 aliphatic carbocycles. The summed E-state index contributed by atoms with van der Waals surface area (Å²) in [6, 6.07) is 11.8. The molecule has 0 radical (unpaired) electrons. The quantitative estimate of drug-likeness (QED) is 0.0720. The summed E-state index contributed by atoms with van der Waals surface area (Å²) in [6.07, 6.45) is 0.857. The highest BCUT2D eigenvalue weighted by Gasteiger charge is 2.37. The molecule has 2 aromatic carbocycles. The van der Waals surface area contributed by atoms with Gasteiger partial charge in [-0.3, -0.25) is 38.4 Å². The second-order valence-corrected chi connectivity index (χ2v) is 16.7. The molecule has 0 bridgehead atoms. The van der Waals surface area contributed by atoms with Crippen LogP contribution in [0.3, 0.4) is 0 Å². The van der Waals surface area contributed by atoms with Gasteiger partial charge in [-0.2, -0.15) is 11.8 Å². The van der Waals surface area contributed by atoms with E-state index in [1.165, 1.54) is 30.8 Å². The number of thioether (sulfide) groups is 1. The molecule has 8 N–H and O–H groups in total. The van der Waals surface area contributed by atoms with Crippen LogP contribution in [0.25, 0.3) is 0 Å². The lowest BCUT2D eigenvalue weighted by molar-refractivity contribution is -0.158. The van der Waals surface area contributed by atoms with E-state index >= 15 is 0 Å². The second-order valence-electron chi connectivity index (χ2n) is 15.7. The Morgan fingerprint density at radius 2 is 1.44 bits per heavy atom. The van der Waals surface area contributed by atoms with Crippen LogP contribution in [-0.4, -0.2) is 132 Å². The van der Waals surface area contributed by atoms with E-state index < -0.39 is 90.2 Å². The minimum absolute atomic E-state index is 0.0110. The molecule has 2 aromatic rings. The first-order valence-corrected chi connectivity index (χ1v) is 21.8. The molecular formula is C43H60N8O10S. The molecule has 1 heterocycles. The number of nitrogens with two attached hydrogens (primary N) is 2. The van der Waals surface area contributed by atoms with Crippen LogP contribution >= 0.6 is 11.8 Å². The van der Waals surface area contributed by atoms with Crippen molar-refractivity contribution >= 4 is 65.0 Å². The Kier molecular flexibility index (Phi) is 20.4. The molecule has 1 fully saturated rings. The molecule has 1 saturated heterocycles. The molecular weight excluding hydrogens is 821 g/mol. The predicted octanol–water partition coefficient (Wildman–Crippen LogP) is -0.0480. The largest absolute Gasteiger partial charge is 0.451 e. The highest BCUT2D eigenvalue weighted by Crippen LogP contribution is 2.16. The van der Waals surface area contributed by atoms with Crippen molar-refractivity contribution in [2.45, 2.75) is 102 Å². The number of amides is 8. The lowest BCUT2D eigenvalue weighted by Crippen LogP contribution is -2.59. The number of likely N-dealkylation sites (N-methyl/N-ethyl adjacent to an activating group) is 2. The number of ether oxygens (including phenoxy) is 1. The molecule has 6 atom stereocenters. The van der Waals surface area contributed by atoms with E-state index in [1.54, 1.807) is 60.7 Å². The van der Waals surface area contributed by atoms with E-state index in [0.29, 0.717) is 16.9 Å². The third-order valence-corrected chi connectivity index (χ3v) is 10.8. The predicted molar refractivity (Wildman–Crippen MR) is 231 cm³/mol. The number of carbonyl (C=O) groups is 9. The van der Waals surface area contributed by atoms with Gasteiger partial charge in [-0.1, -0.05) is 74.5 Å². The van der Waals surface area contributed by atoms with E-state index in [2.05, 4.69) is 21.3 Å². The van der Waals surface area contributed by atoms with Crippen molar-refractivity contribution in [2.24, 2.45) is 17.4 Å². The third-order valence-electron chi connectivity index (χ3n) is 10.1. The van der Waals surface area contributed by atoms with Gasteiger partial charge in [0.25, 0.3) is 5.91 Å². The van der Waals surface area contributed by atoms with E-state index in [9.17, 15) is 43.2 Å². The van der Waals surface area contributed by atoms with Gasteiger partial charge in [-0.25, -0.2) is 4.79 Å². The average Bonchev–Trinajstić information content (AvgIpc) is 3.68. The first kappa shape index (κ1) is 50.4. The SMILES string of the molecule is CSCC[C@@H](OC(=O)[C@H](CC(C)C)NC(=O)CN(C)C(=O)[C@H](Cc1ccccc1)N(C)C(=O)[C@H](Cc1ccccc1)NC(=O)[C@H](CCC(N)=O)NC(=O)[C@H]1CCC(=O)N1)C(N)=O. The Labute approximate surface area is 366 Å². The highest BCUT2D eigenvalue weighted by atomic mass is 32.2. The Bertz CT molecular complexity index is 1890. The van der Waals surface area contributed by atoms with E-state index in [1.807, 2.05) is 20.1 Å². The Hall–Kier alpha value is -5.98. The van der Waals surface area contributed by atoms with E-state index in [0.717, 1.165) is 4.90 Å². The zero-order valence-corrected chi connectivity index (χ0v) is 36.7. The Balaban J connectivity index is 1.89. The molecule has 338 valence electrons. The average molecular weight is 881 g/mol. The molecule has 1 aliphatic heterocycles. The van der Waals surface area contributed by atoms with Gasteiger partial charge in [0.2, 0.25) is 41.4 Å². The van der Waals surface area contributed by atoms with Crippen LogP contribution in [0, 0.1) is 5.92 Å². The van der Waals surface area contributed by atoms with Crippen LogP contribution in [0.4, 0.5) is 0 Å². The summed E-state index contributed by atoms with van der Waals surface area (Å²) in [5, 5.41) is 10.5. The summed E-state index contributed by atoms with van der Waals surface area (Å²) in [5.74, 6) is -5.72. The fourth-order valence-corrected chi connectivity index (χ4v) is 7.22. The van der Waals surface area contributed by atoms with Crippen molar-refractivity contribution in [3.63, 3.8) is 0 Å². The van der Waals surface area contributed by atoms with Crippen LogP contribution < -0.4 is 32.7 Å². The minimum atomic E-state index is -1.32. The van der Waals surface area contributed by atoms with Crippen LogP contribution in [0.15, 0.2) is 60.7 Å². The van der Waals surface area contributed by atoms with Gasteiger partial charge in [0.15, 0.2) is 6.10 Å². The first-order valence-electron chi connectivity index (χ1n) is 20.5. The van der Waals surface area contributed by atoms with Gasteiger partial charge in [-0.05, 0) is 48.3 Å². The number of carbonyl (C=O) groups excluding carboxylic acids is 9. The number of esters is 1. The Morgan fingerprint density at radius 3 is 1.97 bits per heavy atom. The van der Waals surface area contributed by atoms with Crippen LogP contribution in [0.2, 0.25) is 0 Å². The standard InChI is InChI=1S/C43H60N8O10S/c1-26(2)22-32(43(60)61-34(38(45)55)20-21-62-5)47-37(54)25-50(3)42(59)33(24-28-14-10-7-11-15-28)51(4)41(58)31(23-27-12-8-6-9-13-27)49-40(57)30(16-18-35(44)52)48-39(56)29-17-19-36(53)46-29/h6-15,26,29-34H,16-25H2,1-5H3,(H2,44,52)(H2,45,55)(H,46,53)(H,47,54)(H,48,56)(H,49,57)/t29-,30+,31+,32+,33+,34-/m1/s1. The normalized spacial score (nSPS) is 15.8. The topological polar surface area (TPSA) is 270 Å². The molecule has 0 aromatic heterocycles. The fraction of sp³-hybridized carbons (Fsp3) is 0.512. The van der Waals surface area contributed by atoms with Crippen molar-refractivity contribution in [1.29, 1.82) is 0 Å². The summed E-state index contributed by atoms with van der Waals surface area (Å²) < 4.78 is 5.42. The molecule has 0 saturated carbocycles.